The van der Waals surface area contributed by atoms with Gasteiger partial charge in [0.2, 0.25) is 0 Å². The van der Waals surface area contributed by atoms with Crippen molar-refractivity contribution >= 4 is 58.2 Å². The highest BCUT2D eigenvalue weighted by Crippen LogP contribution is 2.55. The average Bonchev–Trinajstić information content (AvgIpc) is 1.59. The second kappa shape index (κ2) is 23.0. The van der Waals surface area contributed by atoms with Gasteiger partial charge in [0.05, 0.1) is 81.9 Å². The summed E-state index contributed by atoms with van der Waals surface area (Å²) in [4.78, 5) is 43.7. The summed E-state index contributed by atoms with van der Waals surface area (Å²) < 4.78 is 123. The van der Waals surface area contributed by atoms with Crippen LogP contribution in [0.3, 0.4) is 0 Å². The Bertz CT molecular complexity index is 3690. The third-order valence-corrected chi connectivity index (χ3v) is 18.2. The van der Waals surface area contributed by atoms with E-state index < -0.39 is 93.7 Å². The summed E-state index contributed by atoms with van der Waals surface area (Å²) in [5, 5.41) is 45.6. The first-order chi connectivity index (χ1) is 41.8. The molecule has 4 N–H and O–H groups in total. The fourth-order valence-electron chi connectivity index (χ4n) is 11.5. The molecule has 23 heteroatoms. The van der Waals surface area contributed by atoms with E-state index in [-0.39, 0.29) is 127 Å². The van der Waals surface area contributed by atoms with Gasteiger partial charge in [0.15, 0.2) is 11.4 Å². The smallest absolute Gasteiger partial charge is 0.257 e. The number of aliphatic hydroxyl groups is 4. The van der Waals surface area contributed by atoms with E-state index in [1.165, 1.54) is 67.7 Å². The Morgan fingerprint density at radius 2 is 1.05 bits per heavy atom. The molecule has 4 atom stereocenters. The number of amides is 2. The summed E-state index contributed by atoms with van der Waals surface area (Å²) in [7, 11) is 0. The summed E-state index contributed by atoms with van der Waals surface area (Å²) in [6, 6.07) is 19.8. The Morgan fingerprint density at radius 3 is 1.47 bits per heavy atom. The Kier molecular flexibility index (Phi) is 15.2. The van der Waals surface area contributed by atoms with E-state index in [1.54, 1.807) is 36.4 Å². The monoisotopic (exact) mass is 1260 g/mol. The van der Waals surface area contributed by atoms with E-state index in [1.807, 2.05) is 0 Å². The number of hydrogen-bond acceptors (Lipinski definition) is 13. The molecule has 450 valence electrons. The van der Waals surface area contributed by atoms with Gasteiger partial charge < -0.3 is 39.4 Å². The second-order valence-electron chi connectivity index (χ2n) is 22.8. The lowest BCUT2D eigenvalue weighted by Gasteiger charge is -2.42. The number of benzene rings is 4. The van der Waals surface area contributed by atoms with Crippen LogP contribution < -0.4 is 0 Å². The Labute approximate surface area is 513 Å². The van der Waals surface area contributed by atoms with E-state index in [2.05, 4.69) is 15.0 Å². The molecule has 6 aliphatic rings. The molecular formula is C62H61Cl4F4N5O10. The maximum atomic E-state index is 16.9. The first-order valence-corrected chi connectivity index (χ1v) is 29.0. The Morgan fingerprint density at radius 1 is 0.612 bits per heavy atom. The predicted molar refractivity (Wildman–Crippen MR) is 305 cm³/mol. The number of fused-ring (bicyclic) bond motifs is 2. The Balaban J connectivity index is 0.000000185. The number of halogens is 8. The summed E-state index contributed by atoms with van der Waals surface area (Å²) >= 11 is 24.4. The van der Waals surface area contributed by atoms with Crippen molar-refractivity contribution in [2.75, 3.05) is 46.2 Å². The van der Waals surface area contributed by atoms with Crippen molar-refractivity contribution in [1.82, 2.24) is 24.8 Å². The number of carbonyl (C=O) groups is 2. The van der Waals surface area contributed by atoms with Crippen molar-refractivity contribution in [2.45, 2.75) is 118 Å². The van der Waals surface area contributed by atoms with Crippen LogP contribution >= 0.6 is 46.4 Å². The van der Waals surface area contributed by atoms with E-state index in [0.717, 1.165) is 23.1 Å². The quantitative estimate of drug-likeness (QED) is 0.0630. The van der Waals surface area contributed by atoms with Crippen LogP contribution in [0.5, 0.6) is 0 Å². The summed E-state index contributed by atoms with van der Waals surface area (Å²) in [6.45, 7) is -4.11. The number of rotatable bonds is 17. The van der Waals surface area contributed by atoms with E-state index in [9.17, 15) is 30.0 Å². The SMILES string of the molecule is CC(O)(c1cc(F)c2c(c1)C(=O)N(Cc1ccc(Cl)cn1)[C@]2(OCC1(O)CC1)c1ccc(Cl)cc1)C1(F)CCOCC1.[2H]C([2H])(O)C1(C([2H])([2H])O[C@]2(c3ccc(Cl)cc3)c3c(F)cc(C(C)(O)C4(F)CCOCC4)cc3C(=O)N2Cc2ncc(Cl)cn2)CC1. The van der Waals surface area contributed by atoms with Gasteiger partial charge >= 0.3 is 0 Å². The van der Waals surface area contributed by atoms with Crippen LogP contribution in [-0.2, 0) is 54.7 Å². The van der Waals surface area contributed by atoms with Gasteiger partial charge in [-0.25, -0.2) is 27.5 Å². The van der Waals surface area contributed by atoms with Crippen LogP contribution in [0.25, 0.3) is 0 Å². The zero-order valence-electron chi connectivity index (χ0n) is 49.9. The van der Waals surface area contributed by atoms with E-state index >= 15 is 17.6 Å². The number of ether oxygens (including phenoxy) is 4. The molecule has 0 bridgehead atoms. The lowest BCUT2D eigenvalue weighted by atomic mass is 9.75. The van der Waals surface area contributed by atoms with Crippen LogP contribution in [0, 0.1) is 17.0 Å². The molecule has 6 aromatic rings. The lowest BCUT2D eigenvalue weighted by Crippen LogP contribution is -2.50. The minimum Gasteiger partial charge on any atom is -0.396 e. The summed E-state index contributed by atoms with van der Waals surface area (Å²) in [5.41, 5.74) is -16.7. The third kappa shape index (κ3) is 11.1. The number of alkyl halides is 2. The molecule has 6 heterocycles. The van der Waals surface area contributed by atoms with Crippen LogP contribution in [0.4, 0.5) is 17.6 Å². The number of nitrogens with zero attached hydrogens (tertiary/aromatic N) is 5. The fourth-order valence-corrected chi connectivity index (χ4v) is 12.0. The normalized spacial score (nSPS) is 24.8. The maximum Gasteiger partial charge on any atom is 0.257 e. The topological polar surface area (TPSA) is 197 Å². The number of carbonyl (C=O) groups excluding carboxylic acids is 2. The molecule has 2 saturated heterocycles. The minimum atomic E-state index is -3.06. The van der Waals surface area contributed by atoms with E-state index in [0.29, 0.717) is 34.1 Å². The number of aromatic nitrogens is 3. The van der Waals surface area contributed by atoms with Gasteiger partial charge in [-0.3, -0.25) is 24.4 Å². The van der Waals surface area contributed by atoms with Gasteiger partial charge in [0.1, 0.15) is 40.0 Å². The molecule has 85 heavy (non-hydrogen) atoms. The largest absolute Gasteiger partial charge is 0.396 e. The highest BCUT2D eigenvalue weighted by Gasteiger charge is 2.60. The first kappa shape index (κ1) is 56.1. The van der Waals surface area contributed by atoms with Crippen molar-refractivity contribution in [3.8, 4) is 0 Å². The van der Waals surface area contributed by atoms with Gasteiger partial charge in [-0.1, -0.05) is 70.7 Å². The first-order valence-electron chi connectivity index (χ1n) is 29.5. The van der Waals surface area contributed by atoms with Gasteiger partial charge in [0, 0.05) is 97.3 Å². The molecule has 2 amide bonds. The Hall–Kier alpha value is -5.39. The van der Waals surface area contributed by atoms with Gasteiger partial charge in [-0.05, 0) is 111 Å². The number of hydrogen-bond donors (Lipinski definition) is 4. The maximum absolute atomic E-state index is 16.9. The third-order valence-electron chi connectivity index (χ3n) is 17.3. The second-order valence-corrected chi connectivity index (χ2v) is 24.6. The molecule has 0 spiro atoms. The highest BCUT2D eigenvalue weighted by atomic mass is 35.5. The molecule has 12 rings (SSSR count). The zero-order chi connectivity index (χ0) is 64.1. The minimum absolute atomic E-state index is 0.00854. The average molecular weight is 1260 g/mol. The van der Waals surface area contributed by atoms with Crippen molar-refractivity contribution in [1.29, 1.82) is 0 Å². The van der Waals surface area contributed by atoms with Crippen molar-refractivity contribution in [3.63, 3.8) is 0 Å². The van der Waals surface area contributed by atoms with E-state index in [4.69, 9.17) is 70.8 Å². The molecule has 2 saturated carbocycles. The summed E-state index contributed by atoms with van der Waals surface area (Å²) in [5.74, 6) is -3.51. The molecule has 4 aromatic carbocycles. The van der Waals surface area contributed by atoms with Gasteiger partial charge in [-0.2, -0.15) is 0 Å². The fraction of sp³-hybridized carbons (Fsp3) is 0.435. The molecule has 4 fully saturated rings. The van der Waals surface area contributed by atoms with Gasteiger partial charge in [-0.15, -0.1) is 0 Å². The van der Waals surface area contributed by atoms with Crippen LogP contribution in [0.2, 0.25) is 20.1 Å². The van der Waals surface area contributed by atoms with Crippen molar-refractivity contribution in [2.24, 2.45) is 5.41 Å². The molecule has 15 nitrogen and oxygen atoms in total. The molecule has 2 unspecified atom stereocenters. The van der Waals surface area contributed by atoms with Crippen LogP contribution in [-0.4, -0.2) is 120 Å². The summed E-state index contributed by atoms with van der Waals surface area (Å²) in [6.07, 6.45) is 4.19. The molecular weight excluding hydrogens is 1190 g/mol. The van der Waals surface area contributed by atoms with Crippen molar-refractivity contribution < 1.29 is 72.0 Å². The molecule has 4 aliphatic heterocycles. The van der Waals surface area contributed by atoms with Crippen molar-refractivity contribution in [3.05, 3.63) is 191 Å². The van der Waals surface area contributed by atoms with Crippen LogP contribution in [0.1, 0.15) is 136 Å². The molecule has 2 aromatic heterocycles. The van der Waals surface area contributed by atoms with Gasteiger partial charge in [0.25, 0.3) is 11.8 Å². The molecule has 0 radical (unpaired) electrons. The van der Waals surface area contributed by atoms with Crippen LogP contribution in [0.15, 0.2) is 104 Å². The standard InChI is InChI=1S/C31H31Cl2F2N3O5.C31H30Cl2F2N2O5/c1-28(41,30(35)8-10-42-11-9-30)20-12-23-26(24(34)13-20)31(19-2-4-21(32)5-3-19,43-18-29(17-39)6-7-29)38(27(23)40)16-25-36-14-22(33)15-37-25;1-28(39,30(35)10-12-41-13-11-30)20-14-24-26(25(34)15-20)31(42-18-29(40)8-9-29,19-2-4-21(32)5-3-19)37(27(24)38)17-23-7-6-22(33)16-36-23/h2-5,12-15,39,41H,6-11,16-18H2,1H3;2-7,14-16,39-40H,8-13,17-18H2,1H3/t2*28?,31-/m10/s1/i17D2,18D2;. The highest BCUT2D eigenvalue weighted by molar-refractivity contribution is 6.31. The molecule has 2 aliphatic carbocycles. The number of pyridine rings is 1. The lowest BCUT2D eigenvalue weighted by molar-refractivity contribution is -0.143. The zero-order valence-corrected chi connectivity index (χ0v) is 48.9. The predicted octanol–water partition coefficient (Wildman–Crippen LogP) is 10.9.